The SMILES string of the molecule is CC(=O)Nc1ccc(OC(=O)c2cccc(CO[N+](=O)[O-])n2)cc1. The molecule has 0 fully saturated rings. The molecule has 9 nitrogen and oxygen atoms in total. The van der Waals surface area contributed by atoms with Crippen molar-refractivity contribution in [3.8, 4) is 5.75 Å². The molecular formula is C15H13N3O6. The maximum absolute atomic E-state index is 12.0. The van der Waals surface area contributed by atoms with E-state index in [2.05, 4.69) is 15.1 Å². The molecule has 0 spiro atoms. The lowest BCUT2D eigenvalue weighted by atomic mass is 10.3. The summed E-state index contributed by atoms with van der Waals surface area (Å²) in [5, 5.41) is 11.8. The van der Waals surface area contributed by atoms with E-state index < -0.39 is 11.1 Å². The molecule has 1 amide bonds. The van der Waals surface area contributed by atoms with E-state index >= 15 is 0 Å². The van der Waals surface area contributed by atoms with Gasteiger partial charge in [0, 0.05) is 12.6 Å². The molecule has 1 aromatic heterocycles. The Hall–Kier alpha value is -3.49. The first-order valence-corrected chi connectivity index (χ1v) is 6.77. The van der Waals surface area contributed by atoms with Gasteiger partial charge in [-0.15, -0.1) is 10.1 Å². The zero-order valence-corrected chi connectivity index (χ0v) is 12.6. The summed E-state index contributed by atoms with van der Waals surface area (Å²) in [5.41, 5.74) is 0.784. The zero-order chi connectivity index (χ0) is 17.5. The van der Waals surface area contributed by atoms with Crippen LogP contribution in [0.5, 0.6) is 5.75 Å². The third kappa shape index (κ3) is 5.05. The molecular weight excluding hydrogens is 318 g/mol. The van der Waals surface area contributed by atoms with E-state index in [1.54, 1.807) is 12.1 Å². The number of anilines is 1. The Labute approximate surface area is 136 Å². The van der Waals surface area contributed by atoms with Gasteiger partial charge >= 0.3 is 5.97 Å². The van der Waals surface area contributed by atoms with Crippen LogP contribution >= 0.6 is 0 Å². The summed E-state index contributed by atoms with van der Waals surface area (Å²) in [4.78, 5) is 41.3. The van der Waals surface area contributed by atoms with E-state index in [0.717, 1.165) is 0 Å². The number of carbonyl (C=O) groups excluding carboxylic acids is 2. The number of benzene rings is 1. The maximum Gasteiger partial charge on any atom is 0.362 e. The zero-order valence-electron chi connectivity index (χ0n) is 12.6. The number of esters is 1. The van der Waals surface area contributed by atoms with Crippen LogP contribution in [0.1, 0.15) is 23.1 Å². The molecule has 9 heteroatoms. The second-order valence-corrected chi connectivity index (χ2v) is 4.61. The number of pyridine rings is 1. The topological polar surface area (TPSA) is 121 Å². The third-order valence-corrected chi connectivity index (χ3v) is 2.72. The van der Waals surface area contributed by atoms with E-state index in [4.69, 9.17) is 4.74 Å². The van der Waals surface area contributed by atoms with Crippen LogP contribution in [0.3, 0.4) is 0 Å². The van der Waals surface area contributed by atoms with Gasteiger partial charge < -0.3 is 14.9 Å². The molecule has 2 rings (SSSR count). The molecule has 0 atom stereocenters. The number of nitrogens with one attached hydrogen (secondary N) is 1. The standard InChI is InChI=1S/C15H13N3O6/c1-10(19)16-11-5-7-13(8-6-11)24-15(20)14-4-2-3-12(17-14)9-23-18(21)22/h2-8H,9H2,1H3,(H,16,19). The normalized spacial score (nSPS) is 9.88. The molecule has 124 valence electrons. The molecule has 0 aliphatic carbocycles. The molecule has 1 heterocycles. The average molecular weight is 331 g/mol. The van der Waals surface area contributed by atoms with E-state index in [9.17, 15) is 19.7 Å². The first kappa shape index (κ1) is 16.9. The molecule has 24 heavy (non-hydrogen) atoms. The van der Waals surface area contributed by atoms with Gasteiger partial charge in [-0.2, -0.15) is 0 Å². The lowest BCUT2D eigenvalue weighted by Crippen LogP contribution is -2.12. The number of hydrogen-bond acceptors (Lipinski definition) is 7. The van der Waals surface area contributed by atoms with Crippen LogP contribution in [0.2, 0.25) is 0 Å². The average Bonchev–Trinajstić information content (AvgIpc) is 2.54. The fraction of sp³-hybridized carbons (Fsp3) is 0.133. The minimum absolute atomic E-state index is 0.00890. The Kier molecular flexibility index (Phi) is 5.40. The Morgan fingerprint density at radius 1 is 1.21 bits per heavy atom. The van der Waals surface area contributed by atoms with Crippen LogP contribution in [-0.2, 0) is 16.2 Å². The Morgan fingerprint density at radius 2 is 1.92 bits per heavy atom. The quantitative estimate of drug-likeness (QED) is 0.372. The van der Waals surface area contributed by atoms with Crippen molar-refractivity contribution < 1.29 is 24.3 Å². The minimum atomic E-state index is -0.941. The van der Waals surface area contributed by atoms with Gasteiger partial charge in [0.1, 0.15) is 18.1 Å². The summed E-state index contributed by atoms with van der Waals surface area (Å²) < 4.78 is 5.15. The molecule has 0 unspecified atom stereocenters. The summed E-state index contributed by atoms with van der Waals surface area (Å²) in [5.74, 6) is -0.661. The van der Waals surface area contributed by atoms with Crippen molar-refractivity contribution in [2.75, 3.05) is 5.32 Å². The summed E-state index contributed by atoms with van der Waals surface area (Å²) in [6, 6.07) is 10.6. The van der Waals surface area contributed by atoms with E-state index in [-0.39, 0.29) is 29.7 Å². The van der Waals surface area contributed by atoms with E-state index in [1.807, 2.05) is 0 Å². The van der Waals surface area contributed by atoms with Crippen molar-refractivity contribution in [2.24, 2.45) is 0 Å². The van der Waals surface area contributed by atoms with Crippen molar-refractivity contribution in [1.29, 1.82) is 0 Å². The molecule has 1 N–H and O–H groups in total. The first-order valence-electron chi connectivity index (χ1n) is 6.77. The third-order valence-electron chi connectivity index (χ3n) is 2.72. The highest BCUT2D eigenvalue weighted by Gasteiger charge is 2.11. The van der Waals surface area contributed by atoms with Gasteiger partial charge in [0.2, 0.25) is 5.91 Å². The summed E-state index contributed by atoms with van der Waals surface area (Å²) in [6.07, 6.45) is 0. The van der Waals surface area contributed by atoms with Crippen LogP contribution in [-0.4, -0.2) is 21.9 Å². The van der Waals surface area contributed by atoms with Crippen molar-refractivity contribution in [3.05, 3.63) is 64.0 Å². The summed E-state index contributed by atoms with van der Waals surface area (Å²) >= 11 is 0. The summed E-state index contributed by atoms with van der Waals surface area (Å²) in [6.45, 7) is 1.02. The van der Waals surface area contributed by atoms with Crippen LogP contribution < -0.4 is 10.1 Å². The second-order valence-electron chi connectivity index (χ2n) is 4.61. The van der Waals surface area contributed by atoms with E-state index in [0.29, 0.717) is 5.69 Å². The fourth-order valence-corrected chi connectivity index (χ4v) is 1.76. The van der Waals surface area contributed by atoms with Gasteiger partial charge in [-0.1, -0.05) is 6.07 Å². The van der Waals surface area contributed by atoms with E-state index in [1.165, 1.54) is 37.3 Å². The molecule has 1 aromatic carbocycles. The van der Waals surface area contributed by atoms with Gasteiger partial charge in [0.05, 0.1) is 5.69 Å². The molecule has 2 aromatic rings. The number of carbonyl (C=O) groups is 2. The van der Waals surface area contributed by atoms with Gasteiger partial charge in [-0.05, 0) is 36.4 Å². The van der Waals surface area contributed by atoms with Gasteiger partial charge in [-0.3, -0.25) is 4.79 Å². The smallest absolute Gasteiger partial charge is 0.362 e. The lowest BCUT2D eigenvalue weighted by Gasteiger charge is -2.06. The van der Waals surface area contributed by atoms with Gasteiger partial charge in [-0.25, -0.2) is 9.78 Å². The number of nitrogens with zero attached hydrogens (tertiary/aromatic N) is 2. The highest BCUT2D eigenvalue weighted by atomic mass is 16.9. The van der Waals surface area contributed by atoms with Crippen molar-refractivity contribution in [1.82, 2.24) is 4.98 Å². The van der Waals surface area contributed by atoms with Crippen molar-refractivity contribution in [3.63, 3.8) is 0 Å². The molecule has 0 saturated heterocycles. The monoisotopic (exact) mass is 331 g/mol. The van der Waals surface area contributed by atoms with Crippen molar-refractivity contribution in [2.45, 2.75) is 13.5 Å². The second kappa shape index (κ2) is 7.68. The number of amides is 1. The molecule has 0 aliphatic heterocycles. The number of aromatic nitrogens is 1. The highest BCUT2D eigenvalue weighted by molar-refractivity contribution is 5.90. The number of ether oxygens (including phenoxy) is 1. The van der Waals surface area contributed by atoms with Gasteiger partial charge in [0.15, 0.2) is 0 Å². The highest BCUT2D eigenvalue weighted by Crippen LogP contribution is 2.17. The molecule has 0 bridgehead atoms. The van der Waals surface area contributed by atoms with Crippen LogP contribution in [0, 0.1) is 10.1 Å². The Morgan fingerprint density at radius 3 is 2.54 bits per heavy atom. The van der Waals surface area contributed by atoms with Crippen LogP contribution in [0.15, 0.2) is 42.5 Å². The largest absolute Gasteiger partial charge is 0.422 e. The predicted molar refractivity (Wildman–Crippen MR) is 81.7 cm³/mol. The molecule has 0 saturated carbocycles. The fourth-order valence-electron chi connectivity index (χ4n) is 1.76. The van der Waals surface area contributed by atoms with Crippen LogP contribution in [0.4, 0.5) is 5.69 Å². The lowest BCUT2D eigenvalue weighted by molar-refractivity contribution is -0.763. The number of hydrogen-bond donors (Lipinski definition) is 1. The predicted octanol–water partition coefficient (Wildman–Crippen LogP) is 1.97. The minimum Gasteiger partial charge on any atom is -0.422 e. The Bertz CT molecular complexity index is 760. The van der Waals surface area contributed by atoms with Crippen molar-refractivity contribution >= 4 is 17.6 Å². The molecule has 0 aliphatic rings. The first-order chi connectivity index (χ1) is 11.4. The summed E-state index contributed by atoms with van der Waals surface area (Å²) in [7, 11) is 0. The van der Waals surface area contributed by atoms with Gasteiger partial charge in [0.25, 0.3) is 5.09 Å². The van der Waals surface area contributed by atoms with Crippen LogP contribution in [0.25, 0.3) is 0 Å². The number of rotatable bonds is 6. The maximum atomic E-state index is 12.0. The molecule has 0 radical (unpaired) electrons. The Balaban J connectivity index is 2.02.